The second-order valence-corrected chi connectivity index (χ2v) is 7.41. The van der Waals surface area contributed by atoms with Gasteiger partial charge in [0.1, 0.15) is 0 Å². The van der Waals surface area contributed by atoms with Crippen molar-refractivity contribution in [3.8, 4) is 0 Å². The summed E-state index contributed by atoms with van der Waals surface area (Å²) in [6.07, 6.45) is 19.9. The van der Waals surface area contributed by atoms with Crippen LogP contribution in [0.4, 0.5) is 0 Å². The number of unbranched alkanes of at least 4 members (excludes halogenated alkanes) is 14. The molecule has 152 valence electrons. The first kappa shape index (κ1) is 30.9. The number of carbonyl (C=O) groups excluding carboxylic acids is 1. The minimum Gasteiger partial charge on any atom is -0.822 e. The first-order chi connectivity index (χ1) is 11.8. The van der Waals surface area contributed by atoms with Gasteiger partial charge in [-0.1, -0.05) is 96.8 Å². The van der Waals surface area contributed by atoms with Crippen LogP contribution in [0.3, 0.4) is 0 Å². The molecule has 0 aromatic rings. The standard InChI is InChI=1S/C18H36O2.H3O4P.Zn/c1-2-3-4-5-6-7-8-9-10-11-12-13-14-15-16-17-18(19)20;1-5(2,3)4;/h2-17H2,1H3,(H,19,20);(H3,1,2,3,4);/q;;+2/p-4. The van der Waals surface area contributed by atoms with E-state index in [1.807, 2.05) is 0 Å². The molecular formula is C18H35O6PZn-2. The SMILES string of the molecule is CCCCCCCCCCCCCCCCCC(=O)[O-].O=P([O-])([O-])[O-].[Zn+2]. The summed E-state index contributed by atoms with van der Waals surface area (Å²) in [5, 5.41) is 10.2. The van der Waals surface area contributed by atoms with Crippen LogP contribution in [0.15, 0.2) is 0 Å². The van der Waals surface area contributed by atoms with E-state index >= 15 is 0 Å². The average molecular weight is 444 g/mol. The van der Waals surface area contributed by atoms with Crippen molar-refractivity contribution < 1.29 is 48.6 Å². The van der Waals surface area contributed by atoms with Gasteiger partial charge >= 0.3 is 19.5 Å². The Morgan fingerprint density at radius 1 is 0.654 bits per heavy atom. The number of carbonyl (C=O) groups is 1. The maximum Gasteiger partial charge on any atom is 2.00 e. The van der Waals surface area contributed by atoms with E-state index in [2.05, 4.69) is 6.92 Å². The zero-order chi connectivity index (χ0) is 19.4. The summed E-state index contributed by atoms with van der Waals surface area (Å²) in [5.41, 5.74) is 0. The molecule has 0 fully saturated rings. The third-order valence-electron chi connectivity index (χ3n) is 3.98. The van der Waals surface area contributed by atoms with Crippen LogP contribution in [0.1, 0.15) is 110 Å². The molecule has 0 aromatic carbocycles. The van der Waals surface area contributed by atoms with Gasteiger partial charge in [0, 0.05) is 5.97 Å². The van der Waals surface area contributed by atoms with Crippen LogP contribution in [0.25, 0.3) is 0 Å². The molecule has 0 radical (unpaired) electrons. The fourth-order valence-corrected chi connectivity index (χ4v) is 2.64. The summed E-state index contributed by atoms with van der Waals surface area (Å²) in [6.45, 7) is 2.27. The smallest absolute Gasteiger partial charge is 0.822 e. The Morgan fingerprint density at radius 2 is 0.885 bits per heavy atom. The molecule has 0 aromatic heterocycles. The van der Waals surface area contributed by atoms with Crippen molar-refractivity contribution in [3.05, 3.63) is 0 Å². The maximum atomic E-state index is 10.2. The summed E-state index contributed by atoms with van der Waals surface area (Å²) in [5.74, 6) is -0.903. The molecule has 0 unspecified atom stereocenters. The normalized spacial score (nSPS) is 10.6. The number of carboxylic acids is 1. The Balaban J connectivity index is -0.000000772. The minimum atomic E-state index is -5.39. The van der Waals surface area contributed by atoms with Crippen LogP contribution in [0.5, 0.6) is 0 Å². The molecule has 0 atom stereocenters. The fraction of sp³-hybridized carbons (Fsp3) is 0.944. The van der Waals surface area contributed by atoms with E-state index in [9.17, 15) is 9.90 Å². The van der Waals surface area contributed by atoms with Gasteiger partial charge in [-0.05, 0) is 12.8 Å². The average Bonchev–Trinajstić information content (AvgIpc) is 2.49. The van der Waals surface area contributed by atoms with E-state index in [4.69, 9.17) is 19.2 Å². The van der Waals surface area contributed by atoms with Gasteiger partial charge in [0.05, 0.1) is 0 Å². The third kappa shape index (κ3) is 44.0. The molecule has 0 bridgehead atoms. The zero-order valence-electron chi connectivity index (χ0n) is 16.4. The second kappa shape index (κ2) is 23.2. The molecule has 6 nitrogen and oxygen atoms in total. The number of hydrogen-bond acceptors (Lipinski definition) is 6. The Labute approximate surface area is 172 Å². The second-order valence-electron chi connectivity index (χ2n) is 6.52. The molecule has 0 aliphatic rings. The molecular weight excluding hydrogens is 409 g/mol. The van der Waals surface area contributed by atoms with Gasteiger partial charge in [0.15, 0.2) is 0 Å². The monoisotopic (exact) mass is 442 g/mol. The quantitative estimate of drug-likeness (QED) is 0.204. The first-order valence-corrected chi connectivity index (χ1v) is 11.2. The van der Waals surface area contributed by atoms with Crippen LogP contribution < -0.4 is 19.8 Å². The van der Waals surface area contributed by atoms with E-state index in [-0.39, 0.29) is 25.9 Å². The van der Waals surface area contributed by atoms with Gasteiger partial charge in [0.2, 0.25) is 0 Å². The molecule has 0 heterocycles. The number of phosphoric acid groups is 1. The van der Waals surface area contributed by atoms with Gasteiger partial charge in [-0.2, -0.15) is 7.82 Å². The molecule has 0 amide bonds. The number of carboxylic acid groups (broad SMARTS) is 1. The van der Waals surface area contributed by atoms with Crippen LogP contribution in [0, 0.1) is 0 Å². The Morgan fingerprint density at radius 3 is 1.12 bits per heavy atom. The molecule has 0 rings (SSSR count). The third-order valence-corrected chi connectivity index (χ3v) is 3.98. The van der Waals surface area contributed by atoms with Gasteiger partial charge in [0.25, 0.3) is 0 Å². The summed E-state index contributed by atoms with van der Waals surface area (Å²) >= 11 is 0. The number of aliphatic carboxylic acids is 1. The van der Waals surface area contributed by atoms with Gasteiger partial charge in [-0.25, -0.2) is 0 Å². The summed E-state index contributed by atoms with van der Waals surface area (Å²) in [6, 6.07) is 0. The molecule has 0 aliphatic carbocycles. The predicted molar refractivity (Wildman–Crippen MR) is 92.2 cm³/mol. The Kier molecular flexibility index (Phi) is 27.6. The van der Waals surface area contributed by atoms with Gasteiger partial charge in [-0.3, -0.25) is 0 Å². The van der Waals surface area contributed by atoms with Crippen molar-refractivity contribution >= 4 is 13.8 Å². The molecule has 0 saturated heterocycles. The summed E-state index contributed by atoms with van der Waals surface area (Å²) < 4.78 is 8.55. The largest absolute Gasteiger partial charge is 2.00 e. The van der Waals surface area contributed by atoms with Crippen LogP contribution in [-0.2, 0) is 28.8 Å². The van der Waals surface area contributed by atoms with Crippen LogP contribution in [0.2, 0.25) is 0 Å². The summed E-state index contributed by atoms with van der Waals surface area (Å²) in [4.78, 5) is 35.9. The van der Waals surface area contributed by atoms with Crippen molar-refractivity contribution in [1.29, 1.82) is 0 Å². The molecule has 0 N–H and O–H groups in total. The Hall–Kier alpha value is 0.203. The zero-order valence-corrected chi connectivity index (χ0v) is 20.3. The molecule has 0 aliphatic heterocycles. The van der Waals surface area contributed by atoms with Crippen molar-refractivity contribution in [1.82, 2.24) is 0 Å². The van der Waals surface area contributed by atoms with Crippen molar-refractivity contribution in [2.24, 2.45) is 0 Å². The fourth-order valence-electron chi connectivity index (χ4n) is 2.64. The van der Waals surface area contributed by atoms with Crippen molar-refractivity contribution in [3.63, 3.8) is 0 Å². The minimum absolute atomic E-state index is 0. The van der Waals surface area contributed by atoms with E-state index in [1.54, 1.807) is 0 Å². The van der Waals surface area contributed by atoms with Gasteiger partial charge < -0.3 is 29.1 Å². The molecule has 0 spiro atoms. The number of rotatable bonds is 16. The topological polar surface area (TPSA) is 126 Å². The van der Waals surface area contributed by atoms with Crippen molar-refractivity contribution in [2.45, 2.75) is 110 Å². The van der Waals surface area contributed by atoms with Crippen LogP contribution in [-0.4, -0.2) is 5.97 Å². The van der Waals surface area contributed by atoms with Gasteiger partial charge in [-0.15, -0.1) is 0 Å². The maximum absolute atomic E-state index is 10.2. The molecule has 0 saturated carbocycles. The molecule has 8 heteroatoms. The molecule has 26 heavy (non-hydrogen) atoms. The summed E-state index contributed by atoms with van der Waals surface area (Å²) in [7, 11) is -5.39. The first-order valence-electron chi connectivity index (χ1n) is 9.70. The number of hydrogen-bond donors (Lipinski definition) is 0. The van der Waals surface area contributed by atoms with E-state index in [1.165, 1.54) is 83.5 Å². The van der Waals surface area contributed by atoms with E-state index in [0.717, 1.165) is 12.8 Å². The van der Waals surface area contributed by atoms with E-state index < -0.39 is 13.8 Å². The Bertz CT molecular complexity index is 327. The predicted octanol–water partition coefficient (Wildman–Crippen LogP) is 2.17. The van der Waals surface area contributed by atoms with E-state index in [0.29, 0.717) is 0 Å². The van der Waals surface area contributed by atoms with Crippen molar-refractivity contribution in [2.75, 3.05) is 0 Å². The van der Waals surface area contributed by atoms with Crippen LogP contribution >= 0.6 is 7.82 Å².